The summed E-state index contributed by atoms with van der Waals surface area (Å²) in [5, 5.41) is 10.1. The first kappa shape index (κ1) is 82.9. The monoisotopic (exact) mass is 1800 g/mol. The summed E-state index contributed by atoms with van der Waals surface area (Å²) >= 11 is 0. The first-order valence-electron chi connectivity index (χ1n) is 48.7. The average Bonchev–Trinajstić information content (AvgIpc) is 1.60. The number of anilines is 1. The highest BCUT2D eigenvalue weighted by molar-refractivity contribution is 6.12. The first-order chi connectivity index (χ1) is 69.4. The quantitative estimate of drug-likeness (QED) is 0.103. The van der Waals surface area contributed by atoms with E-state index in [-0.39, 0.29) is 0 Å². The minimum absolute atomic E-state index is 0.510. The van der Waals surface area contributed by atoms with Gasteiger partial charge in [0.05, 0.1) is 49.8 Å². The lowest BCUT2D eigenvalue weighted by atomic mass is 9.73. The molecule has 1 saturated heterocycles. The molecule has 0 bridgehead atoms. The van der Waals surface area contributed by atoms with Crippen molar-refractivity contribution in [2.45, 2.75) is 63.5 Å². The van der Waals surface area contributed by atoms with Gasteiger partial charge in [-0.2, -0.15) is 0 Å². The molecule has 10 aromatic heterocycles. The number of aromatic nitrogens is 14. The lowest BCUT2D eigenvalue weighted by molar-refractivity contribution is 0.231. The standard InChI is InChI=1S/C57H48N6.C37H24N6.C31H21N3/c1-7-19-49-43(13-1)44-14-2-8-20-50(44)61(49)40-31-25-37(26-32-40)55-58-56(38-27-33-41(34-28-38)62-51-21-9-3-15-45(51)46-16-4-10-22-52(46)62)60-57(59-55)39-29-35-42(36-30-39)63-53-23-11-5-17-47(53)48-18-6-12-24-54(48)63;1-3-13-33-29(9-1)30-10-2-4-14-34(30)43(33)28-21-19-26(20-22-28)25-15-17-27(18-16-25)35-40-36(31-11-5-7-23-38-31)42-37(41-35)32-12-6-8-24-39-32;1-3-9-29-26(7-1)27-8-2-4-10-30(27)34(29)25-18-16-23(17-19-25)22-12-14-24(15-13-22)28-21-33-20-6-5-11-31(33)32-28/h1-4,7-10,13-16,19-22,25-36,47-48,53-54H,5-6,11-12,17-18,23-24H2;1-24H;1-21H. The van der Waals surface area contributed by atoms with Crippen molar-refractivity contribution in [2.24, 2.45) is 11.8 Å². The maximum absolute atomic E-state index is 5.23. The van der Waals surface area contributed by atoms with E-state index in [1.807, 2.05) is 60.8 Å². The molecule has 3 aliphatic rings. The molecule has 11 heterocycles. The summed E-state index contributed by atoms with van der Waals surface area (Å²) in [6, 6.07) is 149. The third kappa shape index (κ3) is 15.1. The van der Waals surface area contributed by atoms with Crippen molar-refractivity contribution >= 4 is 98.6 Å². The number of hydrogen-bond acceptors (Lipinski definition) is 10. The van der Waals surface area contributed by atoms with Crippen LogP contribution in [-0.4, -0.2) is 79.6 Å². The molecule has 4 unspecified atom stereocenters. The third-order valence-corrected chi connectivity index (χ3v) is 29.0. The van der Waals surface area contributed by atoms with Crippen LogP contribution in [0, 0.1) is 11.8 Å². The predicted octanol–water partition coefficient (Wildman–Crippen LogP) is 30.2. The van der Waals surface area contributed by atoms with E-state index in [1.54, 1.807) is 12.4 Å². The zero-order valence-corrected chi connectivity index (χ0v) is 76.8. The Morgan fingerprint density at radius 1 is 0.193 bits per heavy atom. The van der Waals surface area contributed by atoms with Crippen LogP contribution >= 0.6 is 0 Å². The second-order valence-electron chi connectivity index (χ2n) is 36.9. The second-order valence-corrected chi connectivity index (χ2v) is 36.9. The van der Waals surface area contributed by atoms with Crippen LogP contribution in [0.1, 0.15) is 51.4 Å². The molecular weight excluding hydrogens is 1710 g/mol. The molecule has 0 amide bonds. The molecule has 2 aliphatic carbocycles. The van der Waals surface area contributed by atoms with Crippen molar-refractivity contribution in [3.8, 4) is 125 Å². The van der Waals surface area contributed by atoms with Crippen molar-refractivity contribution in [1.29, 1.82) is 0 Å². The minimum Gasteiger partial charge on any atom is -0.365 e. The van der Waals surface area contributed by atoms with Gasteiger partial charge >= 0.3 is 0 Å². The molecule has 15 aromatic carbocycles. The van der Waals surface area contributed by atoms with Crippen molar-refractivity contribution in [3.05, 3.63) is 443 Å². The molecule has 15 heteroatoms. The fourth-order valence-corrected chi connectivity index (χ4v) is 22.5. The number of pyridine rings is 3. The third-order valence-electron chi connectivity index (χ3n) is 29.0. The molecule has 2 saturated carbocycles. The number of fused-ring (bicyclic) bond motifs is 16. The number of benzene rings is 15. The summed E-state index contributed by atoms with van der Waals surface area (Å²) in [6.07, 6.45) is 18.5. The molecule has 0 N–H and O–H groups in total. The molecule has 0 spiro atoms. The van der Waals surface area contributed by atoms with Gasteiger partial charge in [-0.05, 0) is 242 Å². The van der Waals surface area contributed by atoms with E-state index in [2.05, 4.69) is 413 Å². The largest absolute Gasteiger partial charge is 0.365 e. The Hall–Kier alpha value is -17.7. The highest BCUT2D eigenvalue weighted by Gasteiger charge is 2.50. The molecule has 0 radical (unpaired) electrons. The minimum atomic E-state index is 0.510. The van der Waals surface area contributed by atoms with Crippen LogP contribution in [-0.2, 0) is 0 Å². The van der Waals surface area contributed by atoms with Crippen molar-refractivity contribution in [3.63, 3.8) is 0 Å². The van der Waals surface area contributed by atoms with Gasteiger partial charge in [-0.15, -0.1) is 0 Å². The number of rotatable bonds is 14. The number of para-hydroxylation sites is 8. The summed E-state index contributed by atoms with van der Waals surface area (Å²) in [5.41, 5.74) is 28.4. The maximum Gasteiger partial charge on any atom is 0.182 e. The Kier molecular flexibility index (Phi) is 21.0. The fourth-order valence-electron chi connectivity index (χ4n) is 22.5. The zero-order chi connectivity index (χ0) is 92.5. The zero-order valence-electron chi connectivity index (χ0n) is 76.8. The molecule has 15 nitrogen and oxygen atoms in total. The lowest BCUT2D eigenvalue weighted by Crippen LogP contribution is -2.39. The number of imidazole rings is 1. The van der Waals surface area contributed by atoms with E-state index in [4.69, 9.17) is 29.9 Å². The molecule has 25 aromatic rings. The van der Waals surface area contributed by atoms with Gasteiger partial charge in [-0.1, -0.05) is 262 Å². The molecular formula is C125H93N15. The average molecular weight is 1810 g/mol. The summed E-state index contributed by atoms with van der Waals surface area (Å²) in [7, 11) is 0. The van der Waals surface area contributed by atoms with E-state index in [9.17, 15) is 0 Å². The number of nitrogens with zero attached hydrogens (tertiary/aromatic N) is 15. The highest BCUT2D eigenvalue weighted by Crippen LogP contribution is 2.52. The van der Waals surface area contributed by atoms with E-state index in [0.29, 0.717) is 58.4 Å². The van der Waals surface area contributed by atoms with Crippen LogP contribution in [0.5, 0.6) is 0 Å². The molecule has 4 atom stereocenters. The fraction of sp³-hybridized carbons (Fsp3) is 0.0960. The van der Waals surface area contributed by atoms with Crippen molar-refractivity contribution in [1.82, 2.24) is 67.5 Å². The summed E-state index contributed by atoms with van der Waals surface area (Å²) in [4.78, 5) is 46.4. The summed E-state index contributed by atoms with van der Waals surface area (Å²) in [5.74, 6) is 5.30. The normalized spacial score (nSPS) is 15.2. The van der Waals surface area contributed by atoms with Crippen LogP contribution in [0.2, 0.25) is 0 Å². The topological polar surface area (TPSA) is 143 Å². The van der Waals surface area contributed by atoms with Gasteiger partial charge in [0.25, 0.3) is 0 Å². The van der Waals surface area contributed by atoms with Crippen LogP contribution in [0.4, 0.5) is 5.69 Å². The van der Waals surface area contributed by atoms with Gasteiger partial charge in [-0.25, -0.2) is 34.9 Å². The Labute approximate surface area is 809 Å². The first-order valence-corrected chi connectivity index (χ1v) is 48.7. The Morgan fingerprint density at radius 3 is 0.750 bits per heavy atom. The smallest absolute Gasteiger partial charge is 0.182 e. The van der Waals surface area contributed by atoms with Gasteiger partial charge in [0.15, 0.2) is 34.9 Å². The van der Waals surface area contributed by atoms with Crippen molar-refractivity contribution in [2.75, 3.05) is 4.90 Å². The van der Waals surface area contributed by atoms with E-state index in [0.717, 1.165) is 79.2 Å². The molecule has 140 heavy (non-hydrogen) atoms. The molecule has 28 rings (SSSR count). The Balaban J connectivity index is 0.000000114. The highest BCUT2D eigenvalue weighted by atomic mass is 15.2. The summed E-state index contributed by atoms with van der Waals surface area (Å²) < 4.78 is 11.4. The SMILES string of the molecule is c1ccc(-c2nc(-c3ccc(-c4ccc(-n5c6ccccc6c6ccccc65)cc4)cc3)nc(-c3ccccn3)n2)nc1.c1ccc2c(c1)c1ccccc1n2-c1ccc(-c2ccc(-c3cn4ccccc4n3)cc2)cc1.c1ccc2c(c1)c1ccccc1n2-c1ccc(-c2nc(-c3ccc(N4C5CCCCC5C5CCCCC54)cc3)nc(-c3ccc(-n4c5ccccc5c5ccccc54)cc3)n2)cc1. The van der Waals surface area contributed by atoms with Gasteiger partial charge in [0.2, 0.25) is 0 Å². The van der Waals surface area contributed by atoms with Crippen molar-refractivity contribution < 1.29 is 0 Å². The Morgan fingerprint density at radius 2 is 0.443 bits per heavy atom. The van der Waals surface area contributed by atoms with Gasteiger partial charge in [-0.3, -0.25) is 9.97 Å². The Bertz CT molecular complexity index is 8430. The maximum atomic E-state index is 5.23. The second kappa shape index (κ2) is 35.5. The van der Waals surface area contributed by atoms with Gasteiger partial charge in [0, 0.05) is 136 Å². The van der Waals surface area contributed by atoms with E-state index in [1.165, 1.54) is 161 Å². The lowest BCUT2D eigenvalue weighted by Gasteiger charge is -2.36. The predicted molar refractivity (Wildman–Crippen MR) is 571 cm³/mol. The van der Waals surface area contributed by atoms with Crippen LogP contribution in [0.25, 0.3) is 218 Å². The van der Waals surface area contributed by atoms with E-state index < -0.39 is 0 Å². The molecule has 3 fully saturated rings. The van der Waals surface area contributed by atoms with Crippen LogP contribution in [0.15, 0.2) is 443 Å². The molecule has 668 valence electrons. The summed E-state index contributed by atoms with van der Waals surface area (Å²) in [6.45, 7) is 0. The van der Waals surface area contributed by atoms with Crippen LogP contribution in [0.3, 0.4) is 0 Å². The van der Waals surface area contributed by atoms with Gasteiger partial charge in [0.1, 0.15) is 17.0 Å². The molecule has 1 aliphatic heterocycles. The number of hydrogen-bond donors (Lipinski definition) is 0. The van der Waals surface area contributed by atoms with Gasteiger partial charge < -0.3 is 27.6 Å². The van der Waals surface area contributed by atoms with Crippen LogP contribution < -0.4 is 4.90 Å². The van der Waals surface area contributed by atoms with E-state index >= 15 is 0 Å².